The molecule has 1 amide bonds. The van der Waals surface area contributed by atoms with Crippen LogP contribution in [0.4, 0.5) is 4.39 Å². The number of hydrogen-bond donors (Lipinski definition) is 2. The second-order valence-corrected chi connectivity index (χ2v) is 10.6. The molecular formula is C26H30ClFN4O3S. The van der Waals surface area contributed by atoms with Crippen molar-refractivity contribution in [3.8, 4) is 5.75 Å². The van der Waals surface area contributed by atoms with Crippen molar-refractivity contribution in [3.63, 3.8) is 0 Å². The third kappa shape index (κ3) is 6.08. The number of pyridine rings is 2. The summed E-state index contributed by atoms with van der Waals surface area (Å²) in [4.78, 5) is 24.6. The molecule has 36 heavy (non-hydrogen) atoms. The molecule has 4 rings (SSSR count). The van der Waals surface area contributed by atoms with Gasteiger partial charge in [-0.15, -0.1) is 11.8 Å². The van der Waals surface area contributed by atoms with Crippen molar-refractivity contribution in [1.82, 2.24) is 20.3 Å². The Morgan fingerprint density at radius 1 is 1.33 bits per heavy atom. The molecule has 0 spiro atoms. The van der Waals surface area contributed by atoms with E-state index in [0.29, 0.717) is 54.6 Å². The van der Waals surface area contributed by atoms with Crippen LogP contribution >= 0.6 is 23.4 Å². The highest BCUT2D eigenvalue weighted by atomic mass is 35.5. The number of benzene rings is 1. The second-order valence-electron chi connectivity index (χ2n) is 9.01. The van der Waals surface area contributed by atoms with Crippen molar-refractivity contribution in [3.05, 3.63) is 59.5 Å². The van der Waals surface area contributed by atoms with E-state index < -0.39 is 17.5 Å². The summed E-state index contributed by atoms with van der Waals surface area (Å²) in [6, 6.07) is 9.22. The molecule has 192 valence electrons. The van der Waals surface area contributed by atoms with Crippen LogP contribution in [0.3, 0.4) is 0 Å². The highest BCUT2D eigenvalue weighted by Gasteiger charge is 2.41. The first-order chi connectivity index (χ1) is 17.5. The zero-order valence-electron chi connectivity index (χ0n) is 20.1. The Hall–Kier alpha value is -2.46. The standard InChI is InChI=1S/C26H30ClFN4O3S/c1-35-18-4-5-23-20(15-18)24(21(27)17-30-23)22(28)6-7-26(25(33)31-34)8-11-32(12-9-26)13-14-36-19-3-2-10-29-16-19/h2-5,10,15-17,22,34H,6-9,11-14H2,1H3,(H,31,33)/t22-/m1/s1. The average Bonchev–Trinajstić information content (AvgIpc) is 2.92. The number of likely N-dealkylation sites (tertiary alicyclic amines) is 1. The summed E-state index contributed by atoms with van der Waals surface area (Å²) in [5, 5.41) is 10.3. The minimum atomic E-state index is -1.40. The number of nitrogens with zero attached hydrogens (tertiary/aromatic N) is 3. The van der Waals surface area contributed by atoms with Gasteiger partial charge in [0.15, 0.2) is 0 Å². The van der Waals surface area contributed by atoms with E-state index in [1.54, 1.807) is 43.3 Å². The quantitative estimate of drug-likeness (QED) is 0.203. The number of methoxy groups -OCH3 is 1. The summed E-state index contributed by atoms with van der Waals surface area (Å²) in [6.07, 6.45) is 5.14. The van der Waals surface area contributed by atoms with Crippen LogP contribution in [0.25, 0.3) is 10.9 Å². The summed E-state index contributed by atoms with van der Waals surface area (Å²) in [5.41, 5.74) is 1.97. The summed E-state index contributed by atoms with van der Waals surface area (Å²) < 4.78 is 21.0. The van der Waals surface area contributed by atoms with Gasteiger partial charge in [-0.2, -0.15) is 0 Å². The highest BCUT2D eigenvalue weighted by molar-refractivity contribution is 7.99. The molecule has 1 aliphatic rings. The topological polar surface area (TPSA) is 87.6 Å². The molecule has 1 atom stereocenters. The number of halogens is 2. The first-order valence-electron chi connectivity index (χ1n) is 11.9. The number of alkyl halides is 1. The number of carbonyl (C=O) groups is 1. The summed E-state index contributed by atoms with van der Waals surface area (Å²) in [6.45, 7) is 2.28. The zero-order valence-corrected chi connectivity index (χ0v) is 21.7. The molecule has 0 unspecified atom stereocenters. The van der Waals surface area contributed by atoms with Crippen LogP contribution in [0, 0.1) is 5.41 Å². The van der Waals surface area contributed by atoms with E-state index >= 15 is 4.39 Å². The number of amides is 1. The molecule has 0 saturated carbocycles. The molecule has 1 aromatic carbocycles. The van der Waals surface area contributed by atoms with Crippen molar-refractivity contribution < 1.29 is 19.1 Å². The zero-order chi connectivity index (χ0) is 25.5. The predicted molar refractivity (Wildman–Crippen MR) is 139 cm³/mol. The lowest BCUT2D eigenvalue weighted by Crippen LogP contribution is -2.48. The molecule has 0 aliphatic carbocycles. The maximum Gasteiger partial charge on any atom is 0.249 e. The molecule has 0 radical (unpaired) electrons. The van der Waals surface area contributed by atoms with Gasteiger partial charge in [0.05, 0.1) is 23.1 Å². The normalized spacial score (nSPS) is 16.6. The van der Waals surface area contributed by atoms with Crippen molar-refractivity contribution >= 4 is 40.2 Å². The molecule has 1 saturated heterocycles. The van der Waals surface area contributed by atoms with Crippen LogP contribution in [0.15, 0.2) is 53.8 Å². The Kier molecular flexibility index (Phi) is 9.00. The van der Waals surface area contributed by atoms with Crippen LogP contribution in [0.2, 0.25) is 5.02 Å². The van der Waals surface area contributed by atoms with E-state index in [-0.39, 0.29) is 11.4 Å². The van der Waals surface area contributed by atoms with E-state index in [4.69, 9.17) is 16.3 Å². The van der Waals surface area contributed by atoms with Gasteiger partial charge in [0.1, 0.15) is 11.9 Å². The van der Waals surface area contributed by atoms with E-state index in [1.807, 2.05) is 23.8 Å². The van der Waals surface area contributed by atoms with Gasteiger partial charge < -0.3 is 9.64 Å². The molecular weight excluding hydrogens is 503 g/mol. The fourth-order valence-corrected chi connectivity index (χ4v) is 5.96. The van der Waals surface area contributed by atoms with Gasteiger partial charge in [0.2, 0.25) is 5.91 Å². The molecule has 3 heterocycles. The van der Waals surface area contributed by atoms with E-state index in [1.165, 1.54) is 6.20 Å². The first kappa shape index (κ1) is 26.6. The summed E-state index contributed by atoms with van der Waals surface area (Å²) in [7, 11) is 1.55. The molecule has 2 N–H and O–H groups in total. The van der Waals surface area contributed by atoms with Gasteiger partial charge >= 0.3 is 0 Å². The highest BCUT2D eigenvalue weighted by Crippen LogP contribution is 2.42. The Morgan fingerprint density at radius 2 is 2.14 bits per heavy atom. The minimum absolute atomic E-state index is 0.0975. The number of rotatable bonds is 10. The molecule has 1 aliphatic heterocycles. The van der Waals surface area contributed by atoms with Gasteiger partial charge in [-0.25, -0.2) is 9.87 Å². The number of hydroxylamine groups is 1. The molecule has 10 heteroatoms. The van der Waals surface area contributed by atoms with Crippen LogP contribution in [-0.2, 0) is 4.79 Å². The number of nitrogens with one attached hydrogen (secondary N) is 1. The van der Waals surface area contributed by atoms with Gasteiger partial charge in [-0.3, -0.25) is 20.0 Å². The Balaban J connectivity index is 1.40. The Morgan fingerprint density at radius 3 is 2.83 bits per heavy atom. The van der Waals surface area contributed by atoms with E-state index in [2.05, 4.69) is 14.9 Å². The monoisotopic (exact) mass is 532 g/mol. The number of ether oxygens (including phenoxy) is 1. The van der Waals surface area contributed by atoms with E-state index in [9.17, 15) is 10.0 Å². The average molecular weight is 533 g/mol. The SMILES string of the molecule is COc1ccc2ncc(Cl)c([C@H](F)CCC3(C(=O)NO)CCN(CCSc4cccnc4)CC3)c2c1. The second kappa shape index (κ2) is 12.2. The smallest absolute Gasteiger partial charge is 0.249 e. The fraction of sp³-hybridized carbons (Fsp3) is 0.423. The van der Waals surface area contributed by atoms with Crippen LogP contribution < -0.4 is 10.2 Å². The predicted octanol–water partition coefficient (Wildman–Crippen LogP) is 5.46. The lowest BCUT2D eigenvalue weighted by atomic mass is 9.73. The maximum atomic E-state index is 15.7. The molecule has 7 nitrogen and oxygen atoms in total. The van der Waals surface area contributed by atoms with Crippen molar-refractivity contribution in [2.45, 2.75) is 36.8 Å². The minimum Gasteiger partial charge on any atom is -0.497 e. The van der Waals surface area contributed by atoms with Crippen LogP contribution in [-0.4, -0.2) is 58.5 Å². The number of thioether (sulfide) groups is 1. The van der Waals surface area contributed by atoms with Gasteiger partial charge in [-0.1, -0.05) is 11.6 Å². The largest absolute Gasteiger partial charge is 0.497 e. The van der Waals surface area contributed by atoms with Gasteiger partial charge in [0.25, 0.3) is 0 Å². The van der Waals surface area contributed by atoms with Crippen molar-refractivity contribution in [1.29, 1.82) is 0 Å². The van der Waals surface area contributed by atoms with Crippen molar-refractivity contribution in [2.75, 3.05) is 32.5 Å². The van der Waals surface area contributed by atoms with Gasteiger partial charge in [-0.05, 0) is 69.1 Å². The number of carbonyl (C=O) groups excluding carboxylic acids is 1. The van der Waals surface area contributed by atoms with Crippen molar-refractivity contribution in [2.24, 2.45) is 5.41 Å². The number of fused-ring (bicyclic) bond motifs is 1. The molecule has 2 aromatic heterocycles. The van der Waals surface area contributed by atoms with Crippen LogP contribution in [0.5, 0.6) is 5.75 Å². The lowest BCUT2D eigenvalue weighted by molar-refractivity contribution is -0.143. The third-order valence-corrected chi connectivity index (χ3v) is 8.23. The summed E-state index contributed by atoms with van der Waals surface area (Å²) in [5.74, 6) is 1.05. The molecule has 3 aromatic rings. The fourth-order valence-electron chi connectivity index (χ4n) is 4.80. The Bertz CT molecular complexity index is 1180. The molecule has 0 bridgehead atoms. The number of hydrogen-bond acceptors (Lipinski definition) is 7. The van der Waals surface area contributed by atoms with Crippen LogP contribution in [0.1, 0.15) is 37.4 Å². The number of aromatic nitrogens is 2. The summed E-state index contributed by atoms with van der Waals surface area (Å²) >= 11 is 8.12. The van der Waals surface area contributed by atoms with Gasteiger partial charge in [0, 0.05) is 46.7 Å². The lowest BCUT2D eigenvalue weighted by Gasteiger charge is -2.40. The third-order valence-electron chi connectivity index (χ3n) is 6.96. The number of piperidine rings is 1. The first-order valence-corrected chi connectivity index (χ1v) is 13.3. The Labute approximate surface area is 219 Å². The molecule has 1 fully saturated rings. The van der Waals surface area contributed by atoms with E-state index in [0.717, 1.165) is 17.2 Å². The maximum absolute atomic E-state index is 15.7.